The van der Waals surface area contributed by atoms with Crippen molar-refractivity contribution in [1.82, 2.24) is 14.8 Å². The Labute approximate surface area is 198 Å². The van der Waals surface area contributed by atoms with E-state index in [1.54, 1.807) is 39.5 Å². The average Bonchev–Trinajstić information content (AvgIpc) is 3.24. The largest absolute Gasteiger partial charge is 0.497 e. The molecule has 0 saturated heterocycles. The number of rotatable bonds is 11. The molecule has 1 atom stereocenters. The number of methoxy groups -OCH3 is 3. The summed E-state index contributed by atoms with van der Waals surface area (Å²) in [5.41, 5.74) is 1.56. The van der Waals surface area contributed by atoms with E-state index in [1.165, 1.54) is 11.8 Å². The van der Waals surface area contributed by atoms with Crippen LogP contribution in [0.25, 0.3) is 11.4 Å². The van der Waals surface area contributed by atoms with Crippen LogP contribution in [0.15, 0.2) is 47.6 Å². The van der Waals surface area contributed by atoms with Gasteiger partial charge in [-0.15, -0.1) is 10.2 Å². The van der Waals surface area contributed by atoms with Gasteiger partial charge in [-0.2, -0.15) is 0 Å². The van der Waals surface area contributed by atoms with Crippen molar-refractivity contribution in [3.63, 3.8) is 0 Å². The highest BCUT2D eigenvalue weighted by Crippen LogP contribution is 2.30. The number of aromatic nitrogens is 3. The van der Waals surface area contributed by atoms with Crippen LogP contribution in [0, 0.1) is 0 Å². The fourth-order valence-electron chi connectivity index (χ4n) is 3.18. The highest BCUT2D eigenvalue weighted by molar-refractivity contribution is 8.00. The molecule has 1 N–H and O–H groups in total. The molecule has 0 fully saturated rings. The molecule has 1 amide bonds. The lowest BCUT2D eigenvalue weighted by atomic mass is 10.2. The van der Waals surface area contributed by atoms with Crippen molar-refractivity contribution in [1.29, 1.82) is 0 Å². The Morgan fingerprint density at radius 3 is 2.21 bits per heavy atom. The zero-order chi connectivity index (χ0) is 23.8. The zero-order valence-electron chi connectivity index (χ0n) is 19.6. The molecule has 0 aliphatic rings. The predicted molar refractivity (Wildman–Crippen MR) is 130 cm³/mol. The fraction of sp³-hybridized carbons (Fsp3) is 0.375. The van der Waals surface area contributed by atoms with Gasteiger partial charge in [0, 0.05) is 36.0 Å². The van der Waals surface area contributed by atoms with Crippen molar-refractivity contribution in [2.24, 2.45) is 0 Å². The molecule has 1 aromatic heterocycles. The summed E-state index contributed by atoms with van der Waals surface area (Å²) >= 11 is 1.38. The van der Waals surface area contributed by atoms with E-state index in [2.05, 4.69) is 27.0 Å². The molecule has 0 saturated carbocycles. The van der Waals surface area contributed by atoms with E-state index < -0.39 is 5.25 Å². The third-order valence-electron chi connectivity index (χ3n) is 5.07. The summed E-state index contributed by atoms with van der Waals surface area (Å²) in [4.78, 5) is 12.9. The summed E-state index contributed by atoms with van der Waals surface area (Å²) in [5.74, 6) is 2.62. The number of anilines is 1. The molecular formula is C24H30N4O4S. The van der Waals surface area contributed by atoms with Gasteiger partial charge in [0.05, 0.1) is 26.6 Å². The van der Waals surface area contributed by atoms with E-state index in [0.717, 1.165) is 36.5 Å². The summed E-state index contributed by atoms with van der Waals surface area (Å²) < 4.78 is 17.9. The minimum Gasteiger partial charge on any atom is -0.497 e. The third kappa shape index (κ3) is 6.19. The van der Waals surface area contributed by atoms with Gasteiger partial charge in [-0.05, 0) is 37.6 Å². The maximum absolute atomic E-state index is 12.9. The number of thioether (sulfide) groups is 1. The van der Waals surface area contributed by atoms with Crippen molar-refractivity contribution in [2.75, 3.05) is 26.6 Å². The number of ether oxygens (including phenoxy) is 3. The Kier molecular flexibility index (Phi) is 8.59. The van der Waals surface area contributed by atoms with Crippen LogP contribution in [0.3, 0.4) is 0 Å². The van der Waals surface area contributed by atoms with Gasteiger partial charge in [0.25, 0.3) is 0 Å². The molecule has 1 heterocycles. The van der Waals surface area contributed by atoms with Gasteiger partial charge < -0.3 is 24.1 Å². The number of carbonyl (C=O) groups is 1. The molecule has 3 aromatic rings. The first kappa shape index (κ1) is 24.4. The standard InChI is InChI=1S/C24H30N4O4S/c1-6-7-12-28-22(17-8-10-19(30-3)11-9-17)26-27-24(28)33-16(2)23(29)25-18-13-20(31-4)15-21(14-18)32-5/h8-11,13-16H,6-7,12H2,1-5H3,(H,25,29). The van der Waals surface area contributed by atoms with Gasteiger partial charge in [0.15, 0.2) is 11.0 Å². The summed E-state index contributed by atoms with van der Waals surface area (Å²) in [6.07, 6.45) is 2.02. The monoisotopic (exact) mass is 470 g/mol. The SMILES string of the molecule is CCCCn1c(SC(C)C(=O)Nc2cc(OC)cc(OC)c2)nnc1-c1ccc(OC)cc1. The number of benzene rings is 2. The van der Waals surface area contributed by atoms with Gasteiger partial charge in [-0.3, -0.25) is 4.79 Å². The van der Waals surface area contributed by atoms with Crippen LogP contribution in [0.5, 0.6) is 17.2 Å². The minimum absolute atomic E-state index is 0.147. The summed E-state index contributed by atoms with van der Waals surface area (Å²) in [7, 11) is 4.78. The van der Waals surface area contributed by atoms with Crippen molar-refractivity contribution < 1.29 is 19.0 Å². The second-order valence-corrected chi connectivity index (χ2v) is 8.70. The zero-order valence-corrected chi connectivity index (χ0v) is 20.4. The molecule has 1 unspecified atom stereocenters. The summed E-state index contributed by atoms with van der Waals surface area (Å²) in [6.45, 7) is 4.76. The average molecular weight is 471 g/mol. The van der Waals surface area contributed by atoms with Crippen LogP contribution < -0.4 is 19.5 Å². The number of hydrogen-bond donors (Lipinski definition) is 1. The number of hydrogen-bond acceptors (Lipinski definition) is 7. The van der Waals surface area contributed by atoms with Gasteiger partial charge >= 0.3 is 0 Å². The van der Waals surface area contributed by atoms with Gasteiger partial charge in [0.1, 0.15) is 17.2 Å². The van der Waals surface area contributed by atoms with Crippen LogP contribution in [0.4, 0.5) is 5.69 Å². The third-order valence-corrected chi connectivity index (χ3v) is 6.15. The summed E-state index contributed by atoms with van der Waals surface area (Å²) in [5, 5.41) is 12.1. The Hall–Kier alpha value is -3.20. The molecule has 176 valence electrons. The molecule has 0 spiro atoms. The fourth-order valence-corrected chi connectivity index (χ4v) is 4.06. The lowest BCUT2D eigenvalue weighted by Crippen LogP contribution is -2.23. The second kappa shape index (κ2) is 11.6. The van der Waals surface area contributed by atoms with Crippen molar-refractivity contribution in [3.05, 3.63) is 42.5 Å². The van der Waals surface area contributed by atoms with Gasteiger partial charge in [-0.1, -0.05) is 25.1 Å². The molecule has 0 radical (unpaired) electrons. The van der Waals surface area contributed by atoms with Gasteiger partial charge in [0.2, 0.25) is 5.91 Å². The van der Waals surface area contributed by atoms with Gasteiger partial charge in [-0.25, -0.2) is 0 Å². The Bertz CT molecular complexity index is 1050. The maximum atomic E-state index is 12.9. The Balaban J connectivity index is 1.78. The van der Waals surface area contributed by atoms with E-state index in [9.17, 15) is 4.79 Å². The first-order valence-corrected chi connectivity index (χ1v) is 11.6. The van der Waals surface area contributed by atoms with Crippen LogP contribution in [-0.4, -0.2) is 47.3 Å². The molecule has 0 bridgehead atoms. The first-order valence-electron chi connectivity index (χ1n) is 10.8. The minimum atomic E-state index is -0.393. The molecule has 3 rings (SSSR count). The number of amides is 1. The van der Waals surface area contributed by atoms with E-state index in [4.69, 9.17) is 14.2 Å². The maximum Gasteiger partial charge on any atom is 0.237 e. The molecule has 0 aliphatic heterocycles. The van der Waals surface area contributed by atoms with Crippen molar-refractivity contribution >= 4 is 23.4 Å². The quantitative estimate of drug-likeness (QED) is 0.399. The molecular weight excluding hydrogens is 440 g/mol. The predicted octanol–water partition coefficient (Wildman–Crippen LogP) is 4.89. The lowest BCUT2D eigenvalue weighted by Gasteiger charge is -2.15. The van der Waals surface area contributed by atoms with Crippen molar-refractivity contribution in [2.45, 2.75) is 43.6 Å². The number of carbonyl (C=O) groups excluding carboxylic acids is 1. The first-order chi connectivity index (χ1) is 16.0. The number of unbranched alkanes of at least 4 members (excludes halogenated alkanes) is 1. The second-order valence-electron chi connectivity index (χ2n) is 7.39. The van der Waals surface area contributed by atoms with Crippen molar-refractivity contribution in [3.8, 4) is 28.6 Å². The van der Waals surface area contributed by atoms with E-state index >= 15 is 0 Å². The molecule has 0 aliphatic carbocycles. The normalized spacial score (nSPS) is 11.7. The lowest BCUT2D eigenvalue weighted by molar-refractivity contribution is -0.115. The Morgan fingerprint density at radius 2 is 1.64 bits per heavy atom. The molecule has 33 heavy (non-hydrogen) atoms. The van der Waals surface area contributed by atoms with E-state index in [-0.39, 0.29) is 5.91 Å². The molecule has 9 heteroatoms. The smallest absolute Gasteiger partial charge is 0.237 e. The van der Waals surface area contributed by atoms with Crippen LogP contribution >= 0.6 is 11.8 Å². The highest BCUT2D eigenvalue weighted by Gasteiger charge is 2.21. The molecule has 2 aromatic carbocycles. The summed E-state index contributed by atoms with van der Waals surface area (Å²) in [6, 6.07) is 13.0. The molecule has 8 nitrogen and oxygen atoms in total. The van der Waals surface area contributed by atoms with E-state index in [0.29, 0.717) is 22.3 Å². The topological polar surface area (TPSA) is 87.5 Å². The van der Waals surface area contributed by atoms with E-state index in [1.807, 2.05) is 31.2 Å². The highest BCUT2D eigenvalue weighted by atomic mass is 32.2. The van der Waals surface area contributed by atoms with Crippen LogP contribution in [0.2, 0.25) is 0 Å². The van der Waals surface area contributed by atoms with Crippen LogP contribution in [0.1, 0.15) is 26.7 Å². The van der Waals surface area contributed by atoms with Crippen LogP contribution in [-0.2, 0) is 11.3 Å². The Morgan fingerprint density at radius 1 is 1.00 bits per heavy atom. The number of nitrogens with one attached hydrogen (secondary N) is 1. The number of nitrogens with zero attached hydrogens (tertiary/aromatic N) is 3.